The van der Waals surface area contributed by atoms with Crippen LogP contribution in [0.3, 0.4) is 0 Å². The molecule has 0 bridgehead atoms. The maximum atomic E-state index is 8.00. The zero-order valence-corrected chi connectivity index (χ0v) is 3.72. The van der Waals surface area contributed by atoms with Crippen molar-refractivity contribution in [3.8, 4) is 0 Å². The van der Waals surface area contributed by atoms with Crippen molar-refractivity contribution in [2.45, 2.75) is 0 Å². The van der Waals surface area contributed by atoms with Gasteiger partial charge in [0.2, 0.25) is 0 Å². The first-order valence-corrected chi connectivity index (χ1v) is 0.365. The van der Waals surface area contributed by atoms with Crippen molar-refractivity contribution < 1.29 is 17.1 Å². The molecule has 0 aliphatic heterocycles. The van der Waals surface area contributed by atoms with Gasteiger partial charge in [0.05, 0.1) is 0 Å². The summed E-state index contributed by atoms with van der Waals surface area (Å²) in [6, 6.07) is 0. The summed E-state index contributed by atoms with van der Waals surface area (Å²) in [4.78, 5) is 8.00. The van der Waals surface area contributed by atoms with Crippen LogP contribution >= 0.6 is 0 Å². The Morgan fingerprint density at radius 3 is 1.60 bits per heavy atom. The Labute approximate surface area is 39.5 Å². The van der Waals surface area contributed by atoms with Gasteiger partial charge in [0.1, 0.15) is 0 Å². The van der Waals surface area contributed by atoms with Crippen molar-refractivity contribution in [3.05, 3.63) is 10.1 Å². The third-order valence-corrected chi connectivity index (χ3v) is 0. The number of hydrogen-bond donors (Lipinski definition) is 1. The van der Waals surface area contributed by atoms with Gasteiger partial charge in [-0.05, 0) is 0 Å². The average molecular weight is 120 g/mol. The first kappa shape index (κ1) is 20.8. The van der Waals surface area contributed by atoms with Crippen molar-refractivity contribution in [1.29, 1.82) is 0 Å². The van der Waals surface area contributed by atoms with E-state index >= 15 is 0 Å². The molecule has 0 rings (SSSR count). The minimum atomic E-state index is 0. The van der Waals surface area contributed by atoms with Gasteiger partial charge in [-0.15, -0.1) is 5.34 Å². The normalized spacial score (nSPS) is 2.40. The van der Waals surface area contributed by atoms with Crippen molar-refractivity contribution in [2.75, 3.05) is 0 Å². The van der Waals surface area contributed by atoms with Crippen LogP contribution in [0.15, 0.2) is 5.34 Å². The van der Waals surface area contributed by atoms with Crippen LogP contribution in [0.2, 0.25) is 0 Å². The molecule has 0 aliphatic rings. The fraction of sp³-hybridized carbons (Fsp3) is 0. The average Bonchev–Trinajstić information content (AvgIpc) is 0.918. The van der Waals surface area contributed by atoms with E-state index in [9.17, 15) is 0 Å². The zero-order valence-electron chi connectivity index (χ0n) is 2.62. The van der Waals surface area contributed by atoms with Gasteiger partial charge in [0.15, 0.2) is 0 Å². The van der Waals surface area contributed by atoms with E-state index in [4.69, 9.17) is 10.1 Å². The first-order valence-electron chi connectivity index (χ1n) is 0.365. The number of nitrogens with zero attached hydrogens (tertiary/aromatic N) is 1. The summed E-state index contributed by atoms with van der Waals surface area (Å²) in [6.07, 6.45) is 0. The van der Waals surface area contributed by atoms with Crippen LogP contribution in [-0.4, -0.2) is 0 Å². The first-order chi connectivity index (χ1) is 1.41. The zero-order chi connectivity index (χ0) is 2.71. The van der Waals surface area contributed by atoms with E-state index in [1.807, 2.05) is 0 Å². The number of hydrogen-bond acceptors (Lipinski definition) is 3. The molecule has 0 aromatic heterocycles. The van der Waals surface area contributed by atoms with Crippen molar-refractivity contribution >= 4 is 0 Å². The molecule has 0 spiro atoms. The quantitative estimate of drug-likeness (QED) is 0.288. The summed E-state index contributed by atoms with van der Waals surface area (Å²) in [7, 11) is 0. The molecule has 0 unspecified atom stereocenters. The minimum Gasteiger partial charge on any atom is -0.444 e. The maximum Gasteiger partial charge on any atom is 0 e. The third kappa shape index (κ3) is 943. The molecule has 5 heavy (non-hydrogen) atoms. The molecule has 0 amide bonds. The van der Waals surface area contributed by atoms with Gasteiger partial charge < -0.3 is 16.3 Å². The van der Waals surface area contributed by atoms with Crippen LogP contribution in [0.4, 0.5) is 0 Å². The Kier molecular flexibility index (Phi) is 173. The smallest absolute Gasteiger partial charge is 0 e. The molecule has 0 aliphatic carbocycles. The fourth-order valence-electron chi connectivity index (χ4n) is 0. The molecule has 0 heterocycles. The molecule has 0 saturated carbocycles. The van der Waals surface area contributed by atoms with Crippen molar-refractivity contribution in [1.82, 2.24) is 6.15 Å². The van der Waals surface area contributed by atoms with Gasteiger partial charge in [-0.25, -0.2) is 0 Å². The van der Waals surface area contributed by atoms with E-state index in [0.29, 0.717) is 0 Å². The Morgan fingerprint density at radius 2 is 1.60 bits per heavy atom. The molecule has 0 atom stereocenters. The summed E-state index contributed by atoms with van der Waals surface area (Å²) in [5.74, 6) is 0. The van der Waals surface area contributed by atoms with E-state index in [1.54, 1.807) is 0 Å². The number of rotatable bonds is 0. The van der Waals surface area contributed by atoms with Crippen LogP contribution in [0.5, 0.6) is 0 Å². The SMILES string of the molecule is O=N[O-].[Fe].[NH4+]. The molecule has 0 aromatic rings. The molecule has 0 saturated heterocycles. The van der Waals surface area contributed by atoms with Crippen LogP contribution in [-0.2, 0) is 17.1 Å². The van der Waals surface area contributed by atoms with Gasteiger partial charge in [-0.3, -0.25) is 0 Å². The number of quaternary nitrogens is 1. The van der Waals surface area contributed by atoms with Crippen molar-refractivity contribution in [3.63, 3.8) is 0 Å². The molecule has 0 fully saturated rings. The topological polar surface area (TPSA) is 89.0 Å². The van der Waals surface area contributed by atoms with Crippen molar-refractivity contribution in [2.24, 2.45) is 5.34 Å². The third-order valence-electron chi connectivity index (χ3n) is 0. The van der Waals surface area contributed by atoms with Gasteiger partial charge in [-0.2, -0.15) is 0 Å². The van der Waals surface area contributed by atoms with E-state index in [0.717, 1.165) is 5.34 Å². The second-order valence-electron chi connectivity index (χ2n) is 0.0745. The van der Waals surface area contributed by atoms with Gasteiger partial charge in [-0.1, -0.05) is 0 Å². The van der Waals surface area contributed by atoms with Crippen LogP contribution in [0.25, 0.3) is 0 Å². The molecule has 0 radical (unpaired) electrons. The second-order valence-corrected chi connectivity index (χ2v) is 0.0745. The summed E-state index contributed by atoms with van der Waals surface area (Å²) >= 11 is 0. The largest absolute Gasteiger partial charge is 0.444 e. The Morgan fingerprint density at radius 1 is 1.60 bits per heavy atom. The predicted octanol–water partition coefficient (Wildman–Crippen LogP) is 0.624. The Hall–Kier alpha value is -0.121. The Bertz CT molecular complexity index is 15.1. The van der Waals surface area contributed by atoms with E-state index in [2.05, 4.69) is 0 Å². The summed E-state index contributed by atoms with van der Waals surface area (Å²) in [6.45, 7) is 0. The Balaban J connectivity index is -0.0000000200. The summed E-state index contributed by atoms with van der Waals surface area (Å²) in [5.41, 5.74) is 0. The molecule has 4 nitrogen and oxygen atoms in total. The van der Waals surface area contributed by atoms with E-state index in [1.165, 1.54) is 0 Å². The monoisotopic (exact) mass is 120 g/mol. The van der Waals surface area contributed by atoms with Crippen LogP contribution in [0.1, 0.15) is 0 Å². The second kappa shape index (κ2) is 41.6. The van der Waals surface area contributed by atoms with E-state index < -0.39 is 0 Å². The minimum absolute atomic E-state index is 0. The standard InChI is InChI=1S/Fe.HNO2.H3N/c;2-1-3;/h;(H,2,3);1H3. The van der Waals surface area contributed by atoms with Gasteiger partial charge in [0.25, 0.3) is 0 Å². The fourth-order valence-corrected chi connectivity index (χ4v) is 0. The molecular formula is H4FeN2O2. The van der Waals surface area contributed by atoms with Gasteiger partial charge >= 0.3 is 0 Å². The molecule has 5 heteroatoms. The summed E-state index contributed by atoms with van der Waals surface area (Å²) < 4.78 is 0. The van der Waals surface area contributed by atoms with Gasteiger partial charge in [0, 0.05) is 17.1 Å². The molecule has 4 N–H and O–H groups in total. The predicted molar refractivity (Wildman–Crippen MR) is 15.1 cm³/mol. The van der Waals surface area contributed by atoms with Crippen LogP contribution < -0.4 is 6.15 Å². The summed E-state index contributed by atoms with van der Waals surface area (Å²) in [5, 5.41) is 9.00. The molecular weight excluding hydrogens is 116 g/mol. The molecule has 34 valence electrons. The molecule has 0 aromatic carbocycles. The maximum absolute atomic E-state index is 8.00. The van der Waals surface area contributed by atoms with Crippen LogP contribution in [0, 0.1) is 10.1 Å². The van der Waals surface area contributed by atoms with E-state index in [-0.39, 0.29) is 23.2 Å².